The van der Waals surface area contributed by atoms with Crippen molar-refractivity contribution in [2.75, 3.05) is 38.3 Å². The second kappa shape index (κ2) is 9.11. The predicted octanol–water partition coefficient (Wildman–Crippen LogP) is 1.72. The normalized spacial score (nSPS) is 20.3. The van der Waals surface area contributed by atoms with Crippen molar-refractivity contribution in [1.82, 2.24) is 15.1 Å². The third-order valence-electron chi connectivity index (χ3n) is 6.13. The summed E-state index contributed by atoms with van der Waals surface area (Å²) in [5.74, 6) is 1.61. The molecule has 172 valence electrons. The summed E-state index contributed by atoms with van der Waals surface area (Å²) in [5.41, 5.74) is 2.88. The average molecular weight is 450 g/mol. The maximum atomic E-state index is 12.8. The van der Waals surface area contributed by atoms with Crippen molar-refractivity contribution in [3.63, 3.8) is 0 Å². The van der Waals surface area contributed by atoms with Crippen LogP contribution in [0.1, 0.15) is 17.5 Å². The highest BCUT2D eigenvalue weighted by atomic mass is 16.7. The van der Waals surface area contributed by atoms with E-state index in [2.05, 4.69) is 26.6 Å². The van der Waals surface area contributed by atoms with Gasteiger partial charge in [-0.2, -0.15) is 0 Å². The number of guanidine groups is 1. The fourth-order valence-electron chi connectivity index (χ4n) is 4.23. The summed E-state index contributed by atoms with van der Waals surface area (Å²) in [6.07, 6.45) is 0.0469. The third kappa shape index (κ3) is 4.78. The van der Waals surface area contributed by atoms with Gasteiger partial charge in [-0.3, -0.25) is 19.8 Å². The predicted molar refractivity (Wildman–Crippen MR) is 123 cm³/mol. The number of rotatable bonds is 4. The molecule has 0 aromatic heterocycles. The van der Waals surface area contributed by atoms with Gasteiger partial charge in [0.25, 0.3) is 0 Å². The van der Waals surface area contributed by atoms with Crippen molar-refractivity contribution in [2.24, 2.45) is 4.99 Å². The summed E-state index contributed by atoms with van der Waals surface area (Å²) < 4.78 is 10.8. The first-order chi connectivity index (χ1) is 16.0. The maximum absolute atomic E-state index is 12.8. The van der Waals surface area contributed by atoms with Gasteiger partial charge in [0.05, 0.1) is 6.42 Å². The number of benzene rings is 2. The molecule has 1 fully saturated rings. The average Bonchev–Trinajstić information content (AvgIpc) is 3.28. The number of hydrogen-bond acceptors (Lipinski definition) is 7. The number of amides is 2. The summed E-state index contributed by atoms with van der Waals surface area (Å²) in [5, 5.41) is 5.75. The van der Waals surface area contributed by atoms with Gasteiger partial charge in [-0.1, -0.05) is 24.3 Å². The van der Waals surface area contributed by atoms with Crippen LogP contribution in [0.5, 0.6) is 11.5 Å². The van der Waals surface area contributed by atoms with Crippen LogP contribution in [0, 0.1) is 6.92 Å². The Bertz CT molecular complexity index is 1090. The maximum Gasteiger partial charge on any atom is 0.249 e. The van der Waals surface area contributed by atoms with E-state index in [4.69, 9.17) is 9.47 Å². The SMILES string of the molecule is Cc1ccccc1NC(=O)[C@H]1CC(=O)NC(N2CCN(Cc3ccc4c(c3)OCO4)CC2)=N1. The number of aryl methyl sites for hydroxylation is 1. The minimum absolute atomic E-state index is 0.0469. The second-order valence-corrected chi connectivity index (χ2v) is 8.48. The number of nitrogens with one attached hydrogen (secondary N) is 2. The van der Waals surface area contributed by atoms with Gasteiger partial charge >= 0.3 is 0 Å². The van der Waals surface area contributed by atoms with E-state index in [-0.39, 0.29) is 25.0 Å². The molecule has 2 aromatic carbocycles. The number of para-hydroxylation sites is 1. The minimum atomic E-state index is -0.736. The summed E-state index contributed by atoms with van der Waals surface area (Å²) >= 11 is 0. The Hall–Kier alpha value is -3.59. The zero-order chi connectivity index (χ0) is 22.8. The first kappa shape index (κ1) is 21.3. The first-order valence-electron chi connectivity index (χ1n) is 11.1. The lowest BCUT2D eigenvalue weighted by atomic mass is 10.1. The standard InChI is InChI=1S/C24H27N5O4/c1-16-4-2-3-5-18(16)25-23(31)19-13-22(30)27-24(26-19)29-10-8-28(9-11-29)14-17-6-7-20-21(12-17)33-15-32-20/h2-7,12,19H,8-11,13-15H2,1H3,(H,25,31)(H,26,27,30)/t19-/m1/s1. The highest BCUT2D eigenvalue weighted by Gasteiger charge is 2.31. The number of anilines is 1. The van der Waals surface area contributed by atoms with Gasteiger partial charge in [-0.05, 0) is 36.2 Å². The molecule has 33 heavy (non-hydrogen) atoms. The zero-order valence-electron chi connectivity index (χ0n) is 18.5. The molecular weight excluding hydrogens is 422 g/mol. The molecule has 9 heteroatoms. The molecule has 0 unspecified atom stereocenters. The molecule has 9 nitrogen and oxygen atoms in total. The molecule has 0 radical (unpaired) electrons. The minimum Gasteiger partial charge on any atom is -0.454 e. The Morgan fingerprint density at radius 3 is 2.73 bits per heavy atom. The van der Waals surface area contributed by atoms with Crippen LogP contribution in [-0.2, 0) is 16.1 Å². The van der Waals surface area contributed by atoms with Crippen LogP contribution in [0.4, 0.5) is 5.69 Å². The second-order valence-electron chi connectivity index (χ2n) is 8.48. The molecule has 3 aliphatic heterocycles. The molecule has 3 aliphatic rings. The molecule has 2 aromatic rings. The van der Waals surface area contributed by atoms with E-state index >= 15 is 0 Å². The number of piperazine rings is 1. The van der Waals surface area contributed by atoms with Crippen molar-refractivity contribution >= 4 is 23.5 Å². The number of ether oxygens (including phenoxy) is 2. The molecule has 0 bridgehead atoms. The molecule has 3 heterocycles. The van der Waals surface area contributed by atoms with Crippen LogP contribution in [0.2, 0.25) is 0 Å². The largest absolute Gasteiger partial charge is 0.454 e. The van der Waals surface area contributed by atoms with E-state index in [0.717, 1.165) is 55.5 Å². The molecular formula is C24H27N5O4. The highest BCUT2D eigenvalue weighted by molar-refractivity contribution is 6.06. The zero-order valence-corrected chi connectivity index (χ0v) is 18.5. The Morgan fingerprint density at radius 2 is 1.91 bits per heavy atom. The van der Waals surface area contributed by atoms with Crippen molar-refractivity contribution in [3.05, 3.63) is 53.6 Å². The van der Waals surface area contributed by atoms with E-state index in [0.29, 0.717) is 5.96 Å². The Morgan fingerprint density at radius 1 is 1.12 bits per heavy atom. The molecule has 1 saturated heterocycles. The van der Waals surface area contributed by atoms with Crippen molar-refractivity contribution in [3.8, 4) is 11.5 Å². The van der Waals surface area contributed by atoms with Gasteiger partial charge in [0.1, 0.15) is 6.04 Å². The van der Waals surface area contributed by atoms with Gasteiger partial charge in [-0.15, -0.1) is 0 Å². The van der Waals surface area contributed by atoms with E-state index in [1.807, 2.05) is 48.2 Å². The molecule has 2 N–H and O–H groups in total. The topological polar surface area (TPSA) is 95.5 Å². The van der Waals surface area contributed by atoms with Crippen molar-refractivity contribution in [2.45, 2.75) is 25.9 Å². The number of aliphatic imine (C=N–C) groups is 1. The monoisotopic (exact) mass is 449 g/mol. The van der Waals surface area contributed by atoms with Crippen LogP contribution in [-0.4, -0.2) is 66.6 Å². The molecule has 5 rings (SSSR count). The van der Waals surface area contributed by atoms with Crippen LogP contribution in [0.25, 0.3) is 0 Å². The lowest BCUT2D eigenvalue weighted by Gasteiger charge is -2.37. The lowest BCUT2D eigenvalue weighted by molar-refractivity contribution is -0.125. The quantitative estimate of drug-likeness (QED) is 0.738. The fraction of sp³-hybridized carbons (Fsp3) is 0.375. The van der Waals surface area contributed by atoms with Crippen LogP contribution in [0.3, 0.4) is 0 Å². The number of carbonyl (C=O) groups is 2. The van der Waals surface area contributed by atoms with Crippen molar-refractivity contribution < 1.29 is 19.1 Å². The Labute approximate surface area is 192 Å². The summed E-state index contributed by atoms with van der Waals surface area (Å²) in [6.45, 7) is 6.10. The van der Waals surface area contributed by atoms with Crippen LogP contribution >= 0.6 is 0 Å². The van der Waals surface area contributed by atoms with Gasteiger partial charge in [-0.25, -0.2) is 4.99 Å². The molecule has 0 aliphatic carbocycles. The van der Waals surface area contributed by atoms with Gasteiger partial charge < -0.3 is 19.7 Å². The van der Waals surface area contributed by atoms with E-state index < -0.39 is 6.04 Å². The van der Waals surface area contributed by atoms with Gasteiger partial charge in [0.15, 0.2) is 11.5 Å². The summed E-state index contributed by atoms with van der Waals surface area (Å²) in [6, 6.07) is 12.9. The third-order valence-corrected chi connectivity index (χ3v) is 6.13. The van der Waals surface area contributed by atoms with Crippen LogP contribution < -0.4 is 20.1 Å². The number of fused-ring (bicyclic) bond motifs is 1. The summed E-state index contributed by atoms with van der Waals surface area (Å²) in [7, 11) is 0. The number of hydrogen-bond donors (Lipinski definition) is 2. The number of nitrogens with zero attached hydrogens (tertiary/aromatic N) is 3. The fourth-order valence-corrected chi connectivity index (χ4v) is 4.23. The lowest BCUT2D eigenvalue weighted by Crippen LogP contribution is -2.56. The molecule has 0 saturated carbocycles. The van der Waals surface area contributed by atoms with Crippen LogP contribution in [0.15, 0.2) is 47.5 Å². The van der Waals surface area contributed by atoms with Crippen molar-refractivity contribution in [1.29, 1.82) is 0 Å². The van der Waals surface area contributed by atoms with E-state index in [1.165, 1.54) is 5.56 Å². The Balaban J connectivity index is 1.19. The van der Waals surface area contributed by atoms with E-state index in [9.17, 15) is 9.59 Å². The number of carbonyl (C=O) groups excluding carboxylic acids is 2. The van der Waals surface area contributed by atoms with E-state index in [1.54, 1.807) is 0 Å². The first-order valence-corrected chi connectivity index (χ1v) is 11.1. The highest BCUT2D eigenvalue weighted by Crippen LogP contribution is 2.32. The van der Waals surface area contributed by atoms with Gasteiger partial charge in [0.2, 0.25) is 24.6 Å². The molecule has 1 atom stereocenters. The van der Waals surface area contributed by atoms with Gasteiger partial charge in [0, 0.05) is 38.4 Å². The smallest absolute Gasteiger partial charge is 0.249 e. The Kier molecular flexibility index (Phi) is 5.87. The molecule has 0 spiro atoms. The molecule has 2 amide bonds. The summed E-state index contributed by atoms with van der Waals surface area (Å²) in [4.78, 5) is 34.1.